The molecule has 2 aromatic heterocycles. The normalized spacial score (nSPS) is 11.2. The van der Waals surface area contributed by atoms with Crippen molar-refractivity contribution in [2.75, 3.05) is 20.8 Å². The van der Waals surface area contributed by atoms with E-state index < -0.39 is 5.97 Å². The third-order valence-electron chi connectivity index (χ3n) is 4.29. The van der Waals surface area contributed by atoms with Gasteiger partial charge in [-0.1, -0.05) is 23.4 Å². The number of hydrogen-bond acceptors (Lipinski definition) is 7. The summed E-state index contributed by atoms with van der Waals surface area (Å²) in [5, 5.41) is 5.85. The van der Waals surface area contributed by atoms with E-state index in [1.54, 1.807) is 47.7 Å². The first-order valence-electron chi connectivity index (χ1n) is 8.87. The first-order valence-corrected chi connectivity index (χ1v) is 10.2. The first kappa shape index (κ1) is 21.4. The van der Waals surface area contributed by atoms with Gasteiger partial charge in [-0.3, -0.25) is 14.0 Å². The van der Waals surface area contributed by atoms with Crippen molar-refractivity contribution in [2.45, 2.75) is 23.9 Å². The lowest BCUT2D eigenvalue weighted by Gasteiger charge is -2.13. The molecule has 0 aliphatic rings. The predicted molar refractivity (Wildman–Crippen MR) is 112 cm³/mol. The lowest BCUT2D eigenvalue weighted by molar-refractivity contribution is 0.0601. The molecule has 1 aromatic carbocycles. The van der Waals surface area contributed by atoms with Crippen molar-refractivity contribution < 1.29 is 14.3 Å². The Kier molecular flexibility index (Phi) is 6.94. The molecule has 0 N–H and O–H groups in total. The van der Waals surface area contributed by atoms with Gasteiger partial charge in [0.15, 0.2) is 5.16 Å². The molecule has 154 valence electrons. The molecule has 3 rings (SSSR count). The predicted octanol–water partition coefficient (Wildman–Crippen LogP) is 2.90. The van der Waals surface area contributed by atoms with E-state index in [1.807, 2.05) is 0 Å². The summed E-state index contributed by atoms with van der Waals surface area (Å²) in [6.45, 7) is 1.01. The molecule has 0 fully saturated rings. The average Bonchev–Trinajstić information content (AvgIpc) is 3.04. The molecule has 2 heterocycles. The first-order chi connectivity index (χ1) is 13.9. The Labute approximate surface area is 176 Å². The summed E-state index contributed by atoms with van der Waals surface area (Å²) in [7, 11) is 4.70. The molecule has 0 saturated heterocycles. The number of esters is 1. The Bertz CT molecular complexity index is 1080. The maximum atomic E-state index is 13.1. The Balaban J connectivity index is 2.00. The molecule has 10 heteroatoms. The second kappa shape index (κ2) is 9.43. The van der Waals surface area contributed by atoms with E-state index in [-0.39, 0.29) is 5.56 Å². The number of carbonyl (C=O) groups is 1. The topological polar surface area (TPSA) is 88.2 Å². The Morgan fingerprint density at radius 3 is 2.72 bits per heavy atom. The summed E-state index contributed by atoms with van der Waals surface area (Å²) < 4.78 is 13.1. The Hall–Kier alpha value is -2.36. The molecular weight excluding hydrogens is 416 g/mol. The number of thioether (sulfide) groups is 1. The van der Waals surface area contributed by atoms with Gasteiger partial charge >= 0.3 is 5.97 Å². The third-order valence-corrected chi connectivity index (χ3v) is 5.66. The van der Waals surface area contributed by atoms with Gasteiger partial charge in [-0.2, -0.15) is 5.10 Å². The smallest absolute Gasteiger partial charge is 0.337 e. The monoisotopic (exact) mass is 436 g/mol. The summed E-state index contributed by atoms with van der Waals surface area (Å²) in [6.07, 6.45) is 0.673. The van der Waals surface area contributed by atoms with Crippen molar-refractivity contribution in [2.24, 2.45) is 7.05 Å². The van der Waals surface area contributed by atoms with Gasteiger partial charge in [0, 0.05) is 33.1 Å². The quantitative estimate of drug-likeness (QED) is 0.232. The van der Waals surface area contributed by atoms with Crippen LogP contribution in [0.3, 0.4) is 0 Å². The highest BCUT2D eigenvalue weighted by molar-refractivity contribution is 7.98. The molecule has 0 amide bonds. The van der Waals surface area contributed by atoms with Crippen LogP contribution in [0.15, 0.2) is 34.2 Å². The molecule has 0 aliphatic heterocycles. The maximum absolute atomic E-state index is 13.1. The number of halogens is 1. The lowest BCUT2D eigenvalue weighted by Crippen LogP contribution is -2.24. The largest absolute Gasteiger partial charge is 0.465 e. The summed E-state index contributed by atoms with van der Waals surface area (Å²) >= 11 is 7.44. The second-order valence-corrected chi connectivity index (χ2v) is 7.62. The van der Waals surface area contributed by atoms with Crippen LogP contribution in [0.5, 0.6) is 0 Å². The SMILES string of the molecule is COCCCn1c(SCc2cc(Cl)n(C)n2)nc2cc(C(=O)OC)ccc2c1=O. The van der Waals surface area contributed by atoms with Gasteiger partial charge in [0.05, 0.1) is 29.3 Å². The minimum atomic E-state index is -0.477. The zero-order chi connectivity index (χ0) is 21.0. The van der Waals surface area contributed by atoms with E-state index in [1.165, 1.54) is 18.9 Å². The van der Waals surface area contributed by atoms with Crippen LogP contribution in [0.4, 0.5) is 0 Å². The van der Waals surface area contributed by atoms with E-state index in [2.05, 4.69) is 10.1 Å². The van der Waals surface area contributed by atoms with Crippen LogP contribution in [0.2, 0.25) is 5.15 Å². The lowest BCUT2D eigenvalue weighted by atomic mass is 10.1. The summed E-state index contributed by atoms with van der Waals surface area (Å²) in [4.78, 5) is 29.6. The zero-order valence-electron chi connectivity index (χ0n) is 16.3. The van der Waals surface area contributed by atoms with Gasteiger partial charge in [-0.15, -0.1) is 0 Å². The fourth-order valence-corrected chi connectivity index (χ4v) is 3.90. The second-order valence-electron chi connectivity index (χ2n) is 6.29. The minimum absolute atomic E-state index is 0.163. The van der Waals surface area contributed by atoms with Crippen LogP contribution >= 0.6 is 23.4 Å². The highest BCUT2D eigenvalue weighted by Crippen LogP contribution is 2.24. The molecule has 8 nitrogen and oxygen atoms in total. The van der Waals surface area contributed by atoms with E-state index in [0.29, 0.717) is 52.1 Å². The van der Waals surface area contributed by atoms with Crippen molar-refractivity contribution in [1.29, 1.82) is 0 Å². The molecular formula is C19H21ClN4O4S. The van der Waals surface area contributed by atoms with Gasteiger partial charge < -0.3 is 9.47 Å². The van der Waals surface area contributed by atoms with E-state index >= 15 is 0 Å². The molecule has 0 radical (unpaired) electrons. The summed E-state index contributed by atoms with van der Waals surface area (Å²) in [6, 6.07) is 6.53. The van der Waals surface area contributed by atoms with Crippen LogP contribution in [0.1, 0.15) is 22.5 Å². The molecule has 0 bridgehead atoms. The van der Waals surface area contributed by atoms with Crippen molar-refractivity contribution in [3.8, 4) is 0 Å². The number of benzene rings is 1. The summed E-state index contributed by atoms with van der Waals surface area (Å²) in [5.74, 6) is 0.0229. The van der Waals surface area contributed by atoms with Crippen molar-refractivity contribution >= 4 is 40.2 Å². The molecule has 0 saturated carbocycles. The molecule has 0 unspecified atom stereocenters. The van der Waals surface area contributed by atoms with Gasteiger partial charge in [-0.25, -0.2) is 9.78 Å². The van der Waals surface area contributed by atoms with Gasteiger partial charge in [-0.05, 0) is 30.7 Å². The van der Waals surface area contributed by atoms with Crippen molar-refractivity contribution in [3.63, 3.8) is 0 Å². The zero-order valence-corrected chi connectivity index (χ0v) is 17.9. The van der Waals surface area contributed by atoms with E-state index in [4.69, 9.17) is 21.1 Å². The van der Waals surface area contributed by atoms with Crippen LogP contribution in [0, 0.1) is 0 Å². The number of ether oxygens (including phenoxy) is 2. The number of aromatic nitrogens is 4. The number of nitrogens with zero attached hydrogens (tertiary/aromatic N) is 4. The number of fused-ring (bicyclic) bond motifs is 1. The summed E-state index contributed by atoms with van der Waals surface area (Å²) in [5.41, 5.74) is 1.41. The highest BCUT2D eigenvalue weighted by atomic mass is 35.5. The van der Waals surface area contributed by atoms with E-state index in [0.717, 1.165) is 5.69 Å². The van der Waals surface area contributed by atoms with Gasteiger partial charge in [0.1, 0.15) is 5.15 Å². The highest BCUT2D eigenvalue weighted by Gasteiger charge is 2.15. The molecule has 0 spiro atoms. The number of aryl methyl sites for hydroxylation is 1. The average molecular weight is 437 g/mol. The Morgan fingerprint density at radius 2 is 2.07 bits per heavy atom. The number of methoxy groups -OCH3 is 2. The Morgan fingerprint density at radius 1 is 1.28 bits per heavy atom. The van der Waals surface area contributed by atoms with Crippen molar-refractivity contribution in [1.82, 2.24) is 19.3 Å². The molecule has 29 heavy (non-hydrogen) atoms. The number of carbonyl (C=O) groups excluding carboxylic acids is 1. The van der Waals surface area contributed by atoms with Crippen LogP contribution in [0.25, 0.3) is 10.9 Å². The van der Waals surface area contributed by atoms with Crippen LogP contribution in [-0.4, -0.2) is 46.1 Å². The molecule has 0 aliphatic carbocycles. The van der Waals surface area contributed by atoms with E-state index in [9.17, 15) is 9.59 Å². The van der Waals surface area contributed by atoms with Crippen molar-refractivity contribution in [3.05, 3.63) is 51.0 Å². The van der Waals surface area contributed by atoms with Crippen LogP contribution < -0.4 is 5.56 Å². The van der Waals surface area contributed by atoms with Gasteiger partial charge in [0.2, 0.25) is 0 Å². The fraction of sp³-hybridized carbons (Fsp3) is 0.368. The maximum Gasteiger partial charge on any atom is 0.337 e. The standard InChI is InChI=1S/C19H21ClN4O4S/c1-23-16(20)10-13(22-23)11-29-19-21-15-9-12(18(26)28-3)5-6-14(15)17(25)24(19)7-4-8-27-2/h5-6,9-10H,4,7-8,11H2,1-3H3. The van der Waals surface area contributed by atoms with Gasteiger partial charge in [0.25, 0.3) is 5.56 Å². The third kappa shape index (κ3) is 4.80. The minimum Gasteiger partial charge on any atom is -0.465 e. The number of rotatable bonds is 8. The molecule has 3 aromatic rings. The fourth-order valence-electron chi connectivity index (χ4n) is 2.83. The molecule has 0 atom stereocenters. The number of hydrogen-bond donors (Lipinski definition) is 0. The van der Waals surface area contributed by atoms with Crippen LogP contribution in [-0.2, 0) is 28.8 Å².